The molecule has 6 rings (SSSR count). The van der Waals surface area contributed by atoms with Crippen molar-refractivity contribution in [1.29, 1.82) is 0 Å². The first-order chi connectivity index (χ1) is 13.2. The molecule has 1 aliphatic heterocycles. The van der Waals surface area contributed by atoms with Crippen molar-refractivity contribution in [2.24, 2.45) is 11.8 Å². The number of para-hydroxylation sites is 1. The number of fused-ring (bicyclic) bond motifs is 2. The van der Waals surface area contributed by atoms with Crippen LogP contribution in [0.2, 0.25) is 0 Å². The van der Waals surface area contributed by atoms with Crippen LogP contribution in [0.5, 0.6) is 0 Å². The third-order valence-electron chi connectivity index (χ3n) is 6.92. The average Bonchev–Trinajstić information content (AvgIpc) is 3.03. The molecule has 0 bridgehead atoms. The van der Waals surface area contributed by atoms with Gasteiger partial charge in [0, 0.05) is 17.5 Å². The Morgan fingerprint density at radius 2 is 2.07 bits per heavy atom. The Kier molecular flexibility index (Phi) is 3.17. The normalized spacial score (nSPS) is 30.0. The van der Waals surface area contributed by atoms with Crippen molar-refractivity contribution in [2.45, 2.75) is 63.6 Å². The lowest BCUT2D eigenvalue weighted by molar-refractivity contribution is 0.220. The van der Waals surface area contributed by atoms with Gasteiger partial charge in [0.1, 0.15) is 5.54 Å². The summed E-state index contributed by atoms with van der Waals surface area (Å²) in [7, 11) is 0. The number of aromatic nitrogens is 4. The Balaban J connectivity index is 1.36. The van der Waals surface area contributed by atoms with Crippen molar-refractivity contribution >= 4 is 10.9 Å². The fourth-order valence-corrected chi connectivity index (χ4v) is 5.10. The Bertz CT molecular complexity index is 1020. The summed E-state index contributed by atoms with van der Waals surface area (Å²) < 4.78 is 8.25. The van der Waals surface area contributed by atoms with Crippen LogP contribution in [0.25, 0.3) is 22.5 Å². The van der Waals surface area contributed by atoms with Gasteiger partial charge in [-0.25, -0.2) is 0 Å². The predicted octanol–water partition coefficient (Wildman–Crippen LogP) is 4.04. The average molecular weight is 363 g/mol. The second-order valence-electron chi connectivity index (χ2n) is 8.87. The molecule has 6 heteroatoms. The molecule has 1 aromatic carbocycles. The highest BCUT2D eigenvalue weighted by molar-refractivity contribution is 5.91. The first-order valence-electron chi connectivity index (χ1n) is 10.2. The fourth-order valence-electron chi connectivity index (χ4n) is 5.10. The molecule has 2 saturated carbocycles. The maximum absolute atomic E-state index is 6.22. The molecule has 2 aliphatic carbocycles. The van der Waals surface area contributed by atoms with Gasteiger partial charge in [0.25, 0.3) is 5.89 Å². The number of rotatable bonds is 4. The van der Waals surface area contributed by atoms with E-state index in [1.807, 2.05) is 16.8 Å². The molecule has 1 N–H and O–H groups in total. The third kappa shape index (κ3) is 2.19. The van der Waals surface area contributed by atoms with Crippen LogP contribution in [-0.4, -0.2) is 26.0 Å². The van der Waals surface area contributed by atoms with E-state index in [9.17, 15) is 0 Å². The van der Waals surface area contributed by atoms with Gasteiger partial charge in [-0.05, 0) is 57.4 Å². The number of benzene rings is 1. The zero-order valence-corrected chi connectivity index (χ0v) is 15.9. The highest BCUT2D eigenvalue weighted by Crippen LogP contribution is 2.60. The largest absolute Gasteiger partial charge is 0.417 e. The first kappa shape index (κ1) is 15.8. The summed E-state index contributed by atoms with van der Waals surface area (Å²) in [4.78, 5) is 0. The molecule has 27 heavy (non-hydrogen) atoms. The summed E-state index contributed by atoms with van der Waals surface area (Å²) in [6.07, 6.45) is 6.51. The highest BCUT2D eigenvalue weighted by atomic mass is 16.4. The lowest BCUT2D eigenvalue weighted by Gasteiger charge is -2.33. The van der Waals surface area contributed by atoms with Gasteiger partial charge < -0.3 is 9.73 Å². The molecule has 1 saturated heterocycles. The minimum atomic E-state index is -0.0675. The van der Waals surface area contributed by atoms with Crippen molar-refractivity contribution in [1.82, 2.24) is 25.3 Å². The van der Waals surface area contributed by atoms with E-state index in [-0.39, 0.29) is 11.6 Å². The van der Waals surface area contributed by atoms with Gasteiger partial charge in [-0.3, -0.25) is 4.68 Å². The number of nitrogens with zero attached hydrogens (tertiary/aromatic N) is 4. The number of piperidine rings is 1. The van der Waals surface area contributed by atoms with Crippen molar-refractivity contribution in [3.8, 4) is 11.6 Å². The van der Waals surface area contributed by atoms with Gasteiger partial charge in [-0.1, -0.05) is 24.6 Å². The molecular formula is C21H25N5O. The van der Waals surface area contributed by atoms with Crippen LogP contribution in [0, 0.1) is 11.8 Å². The van der Waals surface area contributed by atoms with Crippen molar-refractivity contribution in [3.05, 3.63) is 30.2 Å². The fraction of sp³-hybridized carbons (Fsp3) is 0.571. The minimum Gasteiger partial charge on any atom is -0.417 e. The van der Waals surface area contributed by atoms with Crippen LogP contribution < -0.4 is 5.32 Å². The van der Waals surface area contributed by atoms with Gasteiger partial charge in [-0.2, -0.15) is 5.10 Å². The quantitative estimate of drug-likeness (QED) is 0.757. The predicted molar refractivity (Wildman–Crippen MR) is 102 cm³/mol. The third-order valence-corrected chi connectivity index (χ3v) is 6.92. The smallest absolute Gasteiger partial charge is 0.268 e. The summed E-state index contributed by atoms with van der Waals surface area (Å²) >= 11 is 0. The molecule has 140 valence electrons. The molecule has 0 spiro atoms. The summed E-state index contributed by atoms with van der Waals surface area (Å²) in [5.74, 6) is 2.80. The van der Waals surface area contributed by atoms with Gasteiger partial charge >= 0.3 is 0 Å². The standard InChI is InChI=1S/C21H25N5O/c1-12(2)26-17-9-4-3-8-15(17)18(25-26)19-23-24-20(27-19)21-11-14(21)10-16(22-21)13-6-5-7-13/h3-4,8-9,12-14,16,22H,5-7,10-11H2,1-2H3. The molecule has 3 fully saturated rings. The second-order valence-corrected chi connectivity index (χ2v) is 8.87. The SMILES string of the molecule is CC(C)n1nc(-c2nnc(C34CC3CC(C3CCC3)N4)o2)c2ccccc21. The van der Waals surface area contributed by atoms with Crippen LogP contribution in [0.15, 0.2) is 28.7 Å². The highest BCUT2D eigenvalue weighted by Gasteiger charge is 2.65. The monoisotopic (exact) mass is 363 g/mol. The zero-order chi connectivity index (χ0) is 18.2. The number of nitrogens with one attached hydrogen (secondary N) is 1. The lowest BCUT2D eigenvalue weighted by atomic mass is 9.79. The summed E-state index contributed by atoms with van der Waals surface area (Å²) in [5.41, 5.74) is 1.83. The maximum Gasteiger partial charge on any atom is 0.268 e. The molecule has 3 aromatic rings. The Hall–Kier alpha value is -2.21. The molecule has 3 unspecified atom stereocenters. The molecule has 6 nitrogen and oxygen atoms in total. The molecule has 2 aromatic heterocycles. The van der Waals surface area contributed by atoms with E-state index in [1.165, 1.54) is 25.7 Å². The molecule has 3 atom stereocenters. The molecule has 0 radical (unpaired) electrons. The minimum absolute atomic E-state index is 0.0675. The molecule has 3 heterocycles. The number of hydrogen-bond donors (Lipinski definition) is 1. The van der Waals surface area contributed by atoms with Gasteiger partial charge in [0.05, 0.1) is 5.52 Å². The van der Waals surface area contributed by atoms with Crippen molar-refractivity contribution in [3.63, 3.8) is 0 Å². The van der Waals surface area contributed by atoms with E-state index in [0.717, 1.165) is 34.8 Å². The summed E-state index contributed by atoms with van der Waals surface area (Å²) in [5, 5.41) is 18.6. The van der Waals surface area contributed by atoms with Crippen LogP contribution in [0.4, 0.5) is 0 Å². The lowest BCUT2D eigenvalue weighted by Crippen LogP contribution is -2.41. The molecule has 3 aliphatic rings. The molecular weight excluding hydrogens is 338 g/mol. The van der Waals surface area contributed by atoms with Gasteiger partial charge in [0.15, 0.2) is 5.69 Å². The molecule has 0 amide bonds. The van der Waals surface area contributed by atoms with Crippen LogP contribution in [0.1, 0.15) is 57.9 Å². The van der Waals surface area contributed by atoms with Crippen molar-refractivity contribution in [2.75, 3.05) is 0 Å². The van der Waals surface area contributed by atoms with Crippen LogP contribution in [0.3, 0.4) is 0 Å². The maximum atomic E-state index is 6.22. The van der Waals surface area contributed by atoms with E-state index >= 15 is 0 Å². The number of hydrogen-bond acceptors (Lipinski definition) is 5. The van der Waals surface area contributed by atoms with Crippen molar-refractivity contribution < 1.29 is 4.42 Å². The van der Waals surface area contributed by atoms with E-state index in [4.69, 9.17) is 9.52 Å². The van der Waals surface area contributed by atoms with E-state index in [2.05, 4.69) is 41.5 Å². The van der Waals surface area contributed by atoms with E-state index in [1.54, 1.807) is 0 Å². The Morgan fingerprint density at radius 1 is 1.22 bits per heavy atom. The van der Waals surface area contributed by atoms with Crippen LogP contribution >= 0.6 is 0 Å². The van der Waals surface area contributed by atoms with Gasteiger partial charge in [0.2, 0.25) is 5.89 Å². The summed E-state index contributed by atoms with van der Waals surface area (Å²) in [6, 6.07) is 9.17. The van der Waals surface area contributed by atoms with E-state index < -0.39 is 0 Å². The van der Waals surface area contributed by atoms with Crippen LogP contribution in [-0.2, 0) is 5.54 Å². The van der Waals surface area contributed by atoms with E-state index in [0.29, 0.717) is 17.9 Å². The first-order valence-corrected chi connectivity index (χ1v) is 10.2. The van der Waals surface area contributed by atoms with Gasteiger partial charge in [-0.15, -0.1) is 10.2 Å². The summed E-state index contributed by atoms with van der Waals surface area (Å²) in [6.45, 7) is 4.28. The zero-order valence-electron chi connectivity index (χ0n) is 15.9. The topological polar surface area (TPSA) is 68.8 Å². The second kappa shape index (κ2) is 5.41. The Labute approximate surface area is 158 Å². The Morgan fingerprint density at radius 3 is 2.85 bits per heavy atom.